The molecule has 0 aromatic heterocycles. The van der Waals surface area contributed by atoms with Crippen LogP contribution in [0.1, 0.15) is 0 Å². The molecule has 0 aromatic carbocycles. The van der Waals surface area contributed by atoms with Gasteiger partial charge in [-0.05, 0) is 0 Å². The van der Waals surface area contributed by atoms with Gasteiger partial charge in [0.05, 0.1) is 7.11 Å². The summed E-state index contributed by atoms with van der Waals surface area (Å²) in [6.07, 6.45) is -0.385. The van der Waals surface area contributed by atoms with Crippen molar-refractivity contribution < 1.29 is 9.53 Å². The molecule has 0 bridgehead atoms. The van der Waals surface area contributed by atoms with Gasteiger partial charge in [0.25, 0.3) is 0 Å². The second-order valence-electron chi connectivity index (χ2n) is 1.58. The molecule has 0 aliphatic rings. The Morgan fingerprint density at radius 2 is 1.92 bits per heavy atom. The number of hydrogen-bond donors (Lipinski definition) is 2. The smallest absolute Gasteiger partial charge is 0.406 e. The molecule has 0 aliphatic carbocycles. The van der Waals surface area contributed by atoms with E-state index < -0.39 is 0 Å². The van der Waals surface area contributed by atoms with Gasteiger partial charge in [-0.25, -0.2) is 4.79 Å². The normalized spacial score (nSPS) is 7.38. The summed E-state index contributed by atoms with van der Waals surface area (Å²) in [5.74, 6) is 0. The summed E-state index contributed by atoms with van der Waals surface area (Å²) >= 11 is 6.26. The van der Waals surface area contributed by atoms with Crippen LogP contribution in [0, 0.1) is 0 Å². The Morgan fingerprint density at radius 1 is 1.46 bits per heavy atom. The van der Waals surface area contributed by atoms with Gasteiger partial charge >= 0.3 is 6.09 Å². The summed E-state index contributed by atoms with van der Waals surface area (Å²) in [4.78, 5) is 10.2. The topological polar surface area (TPSA) is 64.3 Å². The molecule has 0 atom stereocenters. The lowest BCUT2D eigenvalue weighted by molar-refractivity contribution is 0.172. The molecule has 0 unspecified atom stereocenters. The van der Waals surface area contributed by atoms with Crippen molar-refractivity contribution >= 4 is 50.4 Å². The van der Waals surface area contributed by atoms with Gasteiger partial charge in [-0.15, -0.1) is 12.4 Å². The van der Waals surface area contributed by atoms with Gasteiger partial charge in [0, 0.05) is 23.7 Å². The van der Waals surface area contributed by atoms with Gasteiger partial charge in [-0.1, -0.05) is 31.9 Å². The van der Waals surface area contributed by atoms with Crippen LogP contribution in [-0.4, -0.2) is 37.0 Å². The second kappa shape index (κ2) is 18.3. The molecule has 0 saturated heterocycles. The molecule has 0 saturated carbocycles. The molecule has 7 heteroatoms. The highest BCUT2D eigenvalue weighted by molar-refractivity contribution is 9.09. The number of nitrogens with one attached hydrogen (secondary N) is 1. The lowest BCUT2D eigenvalue weighted by Gasteiger charge is -1.97. The van der Waals surface area contributed by atoms with Gasteiger partial charge in [0.1, 0.15) is 0 Å². The SMILES string of the molecule is COC(=O)NCCBr.Cl.NCCBr. The molecule has 0 aromatic rings. The van der Waals surface area contributed by atoms with Crippen LogP contribution >= 0.6 is 44.3 Å². The van der Waals surface area contributed by atoms with E-state index in [1.165, 1.54) is 7.11 Å². The highest BCUT2D eigenvalue weighted by Crippen LogP contribution is 1.75. The third kappa shape index (κ3) is 24.5. The van der Waals surface area contributed by atoms with Crippen LogP contribution in [0.3, 0.4) is 0 Å². The molecule has 3 N–H and O–H groups in total. The Morgan fingerprint density at radius 3 is 2.15 bits per heavy atom. The largest absolute Gasteiger partial charge is 0.453 e. The molecule has 0 radical (unpaired) electrons. The number of alkyl halides is 2. The number of amides is 1. The van der Waals surface area contributed by atoms with Crippen LogP contribution in [-0.2, 0) is 4.74 Å². The molecule has 0 fully saturated rings. The van der Waals surface area contributed by atoms with Crippen molar-refractivity contribution in [3.63, 3.8) is 0 Å². The Balaban J connectivity index is -0.000000173. The Hall–Kier alpha value is 0.480. The third-order valence-corrected chi connectivity index (χ3v) is 1.51. The maximum Gasteiger partial charge on any atom is 0.406 e. The van der Waals surface area contributed by atoms with E-state index in [1.807, 2.05) is 0 Å². The molecule has 82 valence electrons. The number of methoxy groups -OCH3 is 1. The summed E-state index contributed by atoms with van der Waals surface area (Å²) in [5, 5.41) is 4.14. The van der Waals surface area contributed by atoms with E-state index in [4.69, 9.17) is 5.73 Å². The second-order valence-corrected chi connectivity index (χ2v) is 3.17. The van der Waals surface area contributed by atoms with E-state index in [2.05, 4.69) is 41.9 Å². The Kier molecular flexibility index (Phi) is 26.9. The van der Waals surface area contributed by atoms with E-state index in [0.29, 0.717) is 6.54 Å². The van der Waals surface area contributed by atoms with Crippen LogP contribution in [0.25, 0.3) is 0 Å². The first-order valence-electron chi connectivity index (χ1n) is 3.36. The standard InChI is InChI=1S/C4H8BrNO2.C2H6BrN.ClH/c1-8-4(7)6-3-2-5;3-1-2-4;/h2-3H2,1H3,(H,6,7);1-2,4H2;1H. The minimum atomic E-state index is -0.385. The average molecular weight is 342 g/mol. The van der Waals surface area contributed by atoms with Gasteiger partial charge < -0.3 is 15.8 Å². The van der Waals surface area contributed by atoms with Gasteiger partial charge in [-0.3, -0.25) is 0 Å². The molecule has 0 rings (SSSR count). The van der Waals surface area contributed by atoms with E-state index >= 15 is 0 Å². The average Bonchev–Trinajstić information content (AvgIpc) is 2.14. The minimum Gasteiger partial charge on any atom is -0.453 e. The zero-order valence-corrected chi connectivity index (χ0v) is 11.4. The predicted octanol–water partition coefficient (Wildman–Crippen LogP) is 1.50. The van der Waals surface area contributed by atoms with Crippen molar-refractivity contribution in [1.29, 1.82) is 0 Å². The van der Waals surface area contributed by atoms with Gasteiger partial charge in [-0.2, -0.15) is 0 Å². The number of hydrogen-bond acceptors (Lipinski definition) is 3. The summed E-state index contributed by atoms with van der Waals surface area (Å²) < 4.78 is 4.28. The first-order chi connectivity index (χ1) is 5.72. The highest BCUT2D eigenvalue weighted by Gasteiger charge is 1.92. The summed E-state index contributed by atoms with van der Waals surface area (Å²) in [6, 6.07) is 0. The molecule has 0 spiro atoms. The van der Waals surface area contributed by atoms with Crippen LogP contribution in [0.5, 0.6) is 0 Å². The fourth-order valence-corrected chi connectivity index (χ4v) is 0.420. The number of nitrogens with two attached hydrogens (primary N) is 1. The molecule has 0 aliphatic heterocycles. The van der Waals surface area contributed by atoms with Gasteiger partial charge in [0.2, 0.25) is 0 Å². The summed E-state index contributed by atoms with van der Waals surface area (Å²) in [5.41, 5.74) is 4.98. The van der Waals surface area contributed by atoms with Crippen LogP contribution in [0.15, 0.2) is 0 Å². The predicted molar refractivity (Wildman–Crippen MR) is 64.3 cm³/mol. The summed E-state index contributed by atoms with van der Waals surface area (Å²) in [6.45, 7) is 1.34. The third-order valence-electron chi connectivity index (χ3n) is 0.658. The molecule has 4 nitrogen and oxygen atoms in total. The van der Waals surface area contributed by atoms with Crippen molar-refractivity contribution in [2.45, 2.75) is 0 Å². The summed E-state index contributed by atoms with van der Waals surface area (Å²) in [7, 11) is 1.34. The van der Waals surface area contributed by atoms with Crippen molar-refractivity contribution in [3.8, 4) is 0 Å². The van der Waals surface area contributed by atoms with Crippen molar-refractivity contribution in [1.82, 2.24) is 5.32 Å². The molecule has 1 amide bonds. The number of halogens is 3. The van der Waals surface area contributed by atoms with E-state index in [-0.39, 0.29) is 18.5 Å². The van der Waals surface area contributed by atoms with Crippen LogP contribution in [0.4, 0.5) is 4.79 Å². The van der Waals surface area contributed by atoms with E-state index in [1.54, 1.807) is 0 Å². The van der Waals surface area contributed by atoms with Crippen molar-refractivity contribution in [2.24, 2.45) is 5.73 Å². The van der Waals surface area contributed by atoms with E-state index in [9.17, 15) is 4.79 Å². The molecular weight excluding hydrogens is 327 g/mol. The van der Waals surface area contributed by atoms with Gasteiger partial charge in [0.15, 0.2) is 0 Å². The first kappa shape index (κ1) is 19.1. The zero-order chi connectivity index (χ0) is 9.82. The fourth-order valence-electron chi connectivity index (χ4n) is 0.221. The fraction of sp³-hybridized carbons (Fsp3) is 0.833. The first-order valence-corrected chi connectivity index (χ1v) is 5.61. The van der Waals surface area contributed by atoms with Crippen LogP contribution < -0.4 is 11.1 Å². The Bertz CT molecular complexity index is 107. The number of carbonyl (C=O) groups is 1. The molecule has 13 heavy (non-hydrogen) atoms. The number of alkyl carbamates (subject to hydrolysis) is 1. The number of ether oxygens (including phenoxy) is 1. The lowest BCUT2D eigenvalue weighted by atomic mass is 10.8. The van der Waals surface area contributed by atoms with Crippen LogP contribution in [0.2, 0.25) is 0 Å². The number of carbonyl (C=O) groups excluding carboxylic acids is 1. The zero-order valence-electron chi connectivity index (χ0n) is 7.39. The quantitative estimate of drug-likeness (QED) is 0.764. The van der Waals surface area contributed by atoms with E-state index in [0.717, 1.165) is 17.2 Å². The molecular formula is C6H15Br2ClN2O2. The number of rotatable bonds is 3. The minimum absolute atomic E-state index is 0. The van der Waals surface area contributed by atoms with Crippen molar-refractivity contribution in [2.75, 3.05) is 30.9 Å². The maximum atomic E-state index is 10.2. The highest BCUT2D eigenvalue weighted by atomic mass is 79.9. The maximum absolute atomic E-state index is 10.2. The van der Waals surface area contributed by atoms with Crippen molar-refractivity contribution in [3.05, 3.63) is 0 Å². The molecule has 0 heterocycles. The lowest BCUT2D eigenvalue weighted by Crippen LogP contribution is -2.24. The monoisotopic (exact) mass is 340 g/mol. The Labute approximate surface area is 102 Å².